The smallest absolute Gasteiger partial charge is 0.407 e. The van der Waals surface area contributed by atoms with Crippen molar-refractivity contribution in [2.45, 2.75) is 85.3 Å². The minimum Gasteiger partial charge on any atom is -0.444 e. The van der Waals surface area contributed by atoms with Crippen molar-refractivity contribution >= 4 is 18.1 Å². The fourth-order valence-electron chi connectivity index (χ4n) is 2.77. The summed E-state index contributed by atoms with van der Waals surface area (Å²) in [4.78, 5) is 31.8. The van der Waals surface area contributed by atoms with Crippen LogP contribution in [0.3, 0.4) is 0 Å². The molecule has 1 unspecified atom stereocenters. The summed E-state index contributed by atoms with van der Waals surface area (Å²) in [6.45, 7) is 17.8. The van der Waals surface area contributed by atoms with Crippen molar-refractivity contribution in [1.29, 1.82) is 5.41 Å². The van der Waals surface area contributed by atoms with Gasteiger partial charge in [-0.05, 0) is 51.9 Å². The molecule has 7 nitrogen and oxygen atoms in total. The van der Waals surface area contributed by atoms with Gasteiger partial charge in [0, 0.05) is 19.0 Å². The molecule has 0 saturated heterocycles. The van der Waals surface area contributed by atoms with Gasteiger partial charge in [0.05, 0.1) is 0 Å². The summed E-state index contributed by atoms with van der Waals surface area (Å²) in [6, 6.07) is 0. The molecule has 0 aliphatic rings. The van der Waals surface area contributed by atoms with Gasteiger partial charge in [-0.2, -0.15) is 0 Å². The number of ether oxygens (including phenoxy) is 1. The van der Waals surface area contributed by atoms with Gasteiger partial charge in [-0.3, -0.25) is 4.79 Å². The van der Waals surface area contributed by atoms with Gasteiger partial charge >= 0.3 is 6.09 Å². The molecule has 7 heteroatoms. The van der Waals surface area contributed by atoms with E-state index >= 15 is 0 Å². The number of carbonyl (C=O) groups is 2. The lowest BCUT2D eigenvalue weighted by Crippen LogP contribution is -2.56. The monoisotopic (exact) mass is 383 g/mol. The summed E-state index contributed by atoms with van der Waals surface area (Å²) in [5.41, 5.74) is -0.935. The summed E-state index contributed by atoms with van der Waals surface area (Å²) in [7, 11) is 0. The summed E-state index contributed by atoms with van der Waals surface area (Å²) in [5.74, 6) is -0.0333. The highest BCUT2D eigenvalue weighted by Gasteiger charge is 2.41. The van der Waals surface area contributed by atoms with Crippen LogP contribution in [0.15, 0.2) is 12.7 Å². The van der Waals surface area contributed by atoms with Crippen LogP contribution in [0.25, 0.3) is 0 Å². The minimum absolute atomic E-state index is 0.0333. The molecule has 0 aliphatic carbocycles. The average molecular weight is 384 g/mol. The van der Waals surface area contributed by atoms with Crippen molar-refractivity contribution in [2.24, 2.45) is 5.41 Å². The summed E-state index contributed by atoms with van der Waals surface area (Å²) >= 11 is 0. The van der Waals surface area contributed by atoms with Crippen LogP contribution in [0, 0.1) is 10.8 Å². The van der Waals surface area contributed by atoms with E-state index in [0.29, 0.717) is 6.54 Å². The molecule has 0 heterocycles. The topological polar surface area (TPSA) is 108 Å². The maximum atomic E-state index is 11.7. The number of isocyanates is 1. The van der Waals surface area contributed by atoms with Gasteiger partial charge in [0.15, 0.2) is 0 Å². The minimum atomic E-state index is -0.501. The molecule has 0 aromatic heterocycles. The SMILES string of the molecule is C=CCCC(CCCNC(=O)OC(C)(C)C)(NC(C)=O)C(C)(C)C.N=C=O. The molecule has 0 rings (SSSR count). The maximum Gasteiger partial charge on any atom is 0.407 e. The summed E-state index contributed by atoms with van der Waals surface area (Å²) in [6.07, 6.45) is 5.41. The Bertz CT molecular complexity index is 512. The first-order chi connectivity index (χ1) is 12.2. The molecular weight excluding hydrogens is 346 g/mol. The van der Waals surface area contributed by atoms with Crippen LogP contribution in [0.1, 0.15) is 74.1 Å². The quantitative estimate of drug-likeness (QED) is 0.254. The van der Waals surface area contributed by atoms with Crippen molar-refractivity contribution in [1.82, 2.24) is 10.6 Å². The highest BCUT2D eigenvalue weighted by molar-refractivity contribution is 5.74. The van der Waals surface area contributed by atoms with Crippen molar-refractivity contribution in [2.75, 3.05) is 6.54 Å². The zero-order valence-electron chi connectivity index (χ0n) is 18.0. The van der Waals surface area contributed by atoms with E-state index in [1.54, 1.807) is 6.92 Å². The fraction of sp³-hybridized carbons (Fsp3) is 0.750. The van der Waals surface area contributed by atoms with Crippen molar-refractivity contribution in [3.63, 3.8) is 0 Å². The predicted molar refractivity (Wildman–Crippen MR) is 107 cm³/mol. The molecule has 0 aromatic rings. The second-order valence-corrected chi connectivity index (χ2v) is 8.47. The molecule has 156 valence electrons. The number of hydrogen-bond acceptors (Lipinski definition) is 5. The number of allylic oxidation sites excluding steroid dienone is 1. The van der Waals surface area contributed by atoms with Crippen LogP contribution in [0.5, 0.6) is 0 Å². The first-order valence-corrected chi connectivity index (χ1v) is 9.15. The third kappa shape index (κ3) is 12.8. The second kappa shape index (κ2) is 12.3. The Hall–Kier alpha value is -2.14. The molecule has 3 N–H and O–H groups in total. The van der Waals surface area contributed by atoms with Gasteiger partial charge in [0.2, 0.25) is 12.0 Å². The largest absolute Gasteiger partial charge is 0.444 e. The third-order valence-electron chi connectivity index (χ3n) is 4.07. The van der Waals surface area contributed by atoms with Gasteiger partial charge in [-0.1, -0.05) is 26.8 Å². The van der Waals surface area contributed by atoms with E-state index in [4.69, 9.17) is 14.9 Å². The Morgan fingerprint density at radius 1 is 1.15 bits per heavy atom. The van der Waals surface area contributed by atoms with Gasteiger partial charge in [0.25, 0.3) is 0 Å². The highest BCUT2D eigenvalue weighted by Crippen LogP contribution is 2.38. The number of hydrogen-bond donors (Lipinski definition) is 3. The van der Waals surface area contributed by atoms with E-state index in [-0.39, 0.29) is 16.9 Å². The molecule has 0 aliphatic heterocycles. The molecule has 0 fully saturated rings. The van der Waals surface area contributed by atoms with Crippen molar-refractivity contribution < 1.29 is 19.1 Å². The van der Waals surface area contributed by atoms with Crippen molar-refractivity contribution in [3.05, 3.63) is 12.7 Å². The predicted octanol–water partition coefficient (Wildman–Crippen LogP) is 4.08. The first kappa shape index (κ1) is 27.1. The van der Waals surface area contributed by atoms with E-state index in [1.807, 2.05) is 26.8 Å². The van der Waals surface area contributed by atoms with Gasteiger partial charge in [-0.15, -0.1) is 6.58 Å². The molecule has 0 aromatic carbocycles. The van der Waals surface area contributed by atoms with Crippen LogP contribution in [-0.2, 0) is 14.3 Å². The highest BCUT2D eigenvalue weighted by atomic mass is 16.6. The van der Waals surface area contributed by atoms with E-state index < -0.39 is 11.7 Å². The van der Waals surface area contributed by atoms with Gasteiger partial charge in [-0.25, -0.2) is 15.0 Å². The van der Waals surface area contributed by atoms with E-state index in [2.05, 4.69) is 38.0 Å². The molecule has 27 heavy (non-hydrogen) atoms. The maximum absolute atomic E-state index is 11.7. The first-order valence-electron chi connectivity index (χ1n) is 9.15. The fourth-order valence-corrected chi connectivity index (χ4v) is 2.77. The van der Waals surface area contributed by atoms with E-state index in [9.17, 15) is 9.59 Å². The molecule has 0 saturated carbocycles. The number of rotatable bonds is 8. The number of amides is 2. The Morgan fingerprint density at radius 2 is 1.67 bits per heavy atom. The Kier molecular flexibility index (Phi) is 12.3. The lowest BCUT2D eigenvalue weighted by molar-refractivity contribution is -0.122. The van der Waals surface area contributed by atoms with Crippen LogP contribution in [-0.4, -0.2) is 35.8 Å². The van der Waals surface area contributed by atoms with Crippen molar-refractivity contribution in [3.8, 4) is 0 Å². The number of carbonyl (C=O) groups excluding carboxylic acids is 3. The molecule has 2 amide bonds. The second-order valence-electron chi connectivity index (χ2n) is 8.47. The van der Waals surface area contributed by atoms with Gasteiger partial charge < -0.3 is 15.4 Å². The number of nitrogens with one attached hydrogen (secondary N) is 3. The zero-order valence-corrected chi connectivity index (χ0v) is 18.0. The van der Waals surface area contributed by atoms with Crippen LogP contribution in [0.2, 0.25) is 0 Å². The lowest BCUT2D eigenvalue weighted by Gasteiger charge is -2.46. The standard InChI is InChI=1S/C19H36N2O3.CHNO/c1-9-10-12-19(17(3,4)5,21-15(2)22)13-11-14-20-16(23)24-18(6,7)8;2-1-3/h9H,1,10-14H2,2-8H3,(H,20,23)(H,21,22);2H. The molecule has 0 bridgehead atoms. The van der Waals surface area contributed by atoms with E-state index in [0.717, 1.165) is 31.8 Å². The zero-order chi connectivity index (χ0) is 21.7. The van der Waals surface area contributed by atoms with E-state index in [1.165, 1.54) is 0 Å². The molecular formula is C20H37N3O4. The molecule has 0 spiro atoms. The van der Waals surface area contributed by atoms with Gasteiger partial charge in [0.1, 0.15) is 5.60 Å². The molecule has 0 radical (unpaired) electrons. The molecule has 1 atom stereocenters. The third-order valence-corrected chi connectivity index (χ3v) is 4.07. The number of alkyl carbamates (subject to hydrolysis) is 1. The Morgan fingerprint density at radius 3 is 2.04 bits per heavy atom. The lowest BCUT2D eigenvalue weighted by atomic mass is 9.68. The normalized spacial score (nSPS) is 13.1. The summed E-state index contributed by atoms with van der Waals surface area (Å²) in [5, 5.41) is 11.3. The Labute approximate surface area is 163 Å². The van der Waals surface area contributed by atoms with Crippen LogP contribution >= 0.6 is 0 Å². The van der Waals surface area contributed by atoms with Crippen LogP contribution in [0.4, 0.5) is 4.79 Å². The Balaban J connectivity index is 0. The average Bonchev–Trinajstić information content (AvgIpc) is 2.46. The summed E-state index contributed by atoms with van der Waals surface area (Å²) < 4.78 is 5.23. The van der Waals surface area contributed by atoms with Crippen LogP contribution < -0.4 is 10.6 Å².